The fourth-order valence-corrected chi connectivity index (χ4v) is 2.87. The normalized spacial score (nSPS) is 33.1. The van der Waals surface area contributed by atoms with E-state index in [-0.39, 0.29) is 24.4 Å². The predicted molar refractivity (Wildman–Crippen MR) is 94.7 cm³/mol. The molecule has 4 aliphatic rings. The maximum Gasteiger partial charge on any atom is 0.315 e. The molecule has 1 aromatic carbocycles. The van der Waals surface area contributed by atoms with Gasteiger partial charge in [-0.1, -0.05) is 30.3 Å². The van der Waals surface area contributed by atoms with Gasteiger partial charge in [-0.3, -0.25) is 0 Å². The summed E-state index contributed by atoms with van der Waals surface area (Å²) in [5.74, 6) is -1.42. The fraction of sp³-hybridized carbons (Fsp3) is 0.700. The lowest BCUT2D eigenvalue weighted by Gasteiger charge is -2.39. The molecular weight excluding hydrogens is 368 g/mol. The van der Waals surface area contributed by atoms with Crippen molar-refractivity contribution in [1.29, 1.82) is 0 Å². The Morgan fingerprint density at radius 3 is 1.57 bits per heavy atom. The van der Waals surface area contributed by atoms with Gasteiger partial charge in [-0.2, -0.15) is 0 Å². The zero-order chi connectivity index (χ0) is 18.8. The van der Waals surface area contributed by atoms with E-state index in [2.05, 4.69) is 0 Å². The van der Waals surface area contributed by atoms with E-state index in [9.17, 15) is 0 Å². The van der Waals surface area contributed by atoms with Crippen LogP contribution in [0.15, 0.2) is 30.3 Å². The summed E-state index contributed by atoms with van der Waals surface area (Å²) in [6, 6.07) is 9.85. The highest BCUT2D eigenvalue weighted by atomic mass is 16.9. The van der Waals surface area contributed by atoms with Crippen LogP contribution in [-0.2, 0) is 37.9 Å². The molecule has 5 rings (SSSR count). The Morgan fingerprint density at radius 2 is 1.14 bits per heavy atom. The molecule has 4 saturated heterocycles. The van der Waals surface area contributed by atoms with Gasteiger partial charge in [-0.25, -0.2) is 0 Å². The molecule has 4 heterocycles. The van der Waals surface area contributed by atoms with Crippen LogP contribution in [0.1, 0.15) is 11.7 Å². The predicted octanol–water partition coefficient (Wildman–Crippen LogP) is 1.04. The molecule has 0 spiro atoms. The Balaban J connectivity index is 1.40. The van der Waals surface area contributed by atoms with Crippen molar-refractivity contribution in [1.82, 2.24) is 0 Å². The summed E-state index contributed by atoms with van der Waals surface area (Å²) in [7, 11) is 0. The summed E-state index contributed by atoms with van der Waals surface area (Å²) < 4.78 is 46.3. The van der Waals surface area contributed by atoms with Gasteiger partial charge in [0.25, 0.3) is 0 Å². The first kappa shape index (κ1) is 18.9. The van der Waals surface area contributed by atoms with Gasteiger partial charge in [0.15, 0.2) is 6.10 Å². The van der Waals surface area contributed by atoms with E-state index in [1.165, 1.54) is 0 Å². The van der Waals surface area contributed by atoms with Crippen molar-refractivity contribution in [2.45, 2.75) is 36.5 Å². The highest BCUT2D eigenvalue weighted by Gasteiger charge is 2.49. The van der Waals surface area contributed by atoms with Gasteiger partial charge in [0.1, 0.15) is 24.4 Å². The molecule has 0 bridgehead atoms. The van der Waals surface area contributed by atoms with Crippen molar-refractivity contribution in [2.75, 3.05) is 52.9 Å². The van der Waals surface area contributed by atoms with E-state index in [1.54, 1.807) is 0 Å². The number of benzene rings is 1. The standard InChI is InChI=1S/C20H26O8/c1-2-4-14(5-3-1)19(25-10-15-6-21-15)20(26-11-16-7-22-16,27-12-17-8-23-17)28-13-18-9-24-18/h1-5,15-19H,6-13H2. The summed E-state index contributed by atoms with van der Waals surface area (Å²) in [5, 5.41) is 0. The van der Waals surface area contributed by atoms with Crippen molar-refractivity contribution in [3.63, 3.8) is 0 Å². The van der Waals surface area contributed by atoms with Crippen LogP contribution >= 0.6 is 0 Å². The van der Waals surface area contributed by atoms with Crippen LogP contribution in [0.25, 0.3) is 0 Å². The van der Waals surface area contributed by atoms with E-state index < -0.39 is 12.1 Å². The van der Waals surface area contributed by atoms with Gasteiger partial charge in [-0.05, 0) is 5.56 Å². The van der Waals surface area contributed by atoms with Gasteiger partial charge >= 0.3 is 5.97 Å². The fourth-order valence-electron chi connectivity index (χ4n) is 2.87. The quantitative estimate of drug-likeness (QED) is 0.342. The summed E-state index contributed by atoms with van der Waals surface area (Å²) in [6.07, 6.45) is -0.305. The SMILES string of the molecule is c1ccc(C(OCC2CO2)C(OCC2CO2)(OCC2CO2)OCC2CO2)cc1. The molecule has 0 amide bonds. The van der Waals surface area contributed by atoms with Crippen molar-refractivity contribution in [2.24, 2.45) is 0 Å². The van der Waals surface area contributed by atoms with Gasteiger partial charge < -0.3 is 37.9 Å². The van der Waals surface area contributed by atoms with Crippen molar-refractivity contribution >= 4 is 0 Å². The first-order valence-corrected chi connectivity index (χ1v) is 9.85. The van der Waals surface area contributed by atoms with Gasteiger partial charge in [0.05, 0.1) is 52.9 Å². The molecule has 154 valence electrons. The second kappa shape index (κ2) is 8.33. The molecule has 0 N–H and O–H groups in total. The second-order valence-electron chi connectivity index (χ2n) is 7.48. The zero-order valence-corrected chi connectivity index (χ0v) is 15.7. The van der Waals surface area contributed by atoms with E-state index in [0.29, 0.717) is 52.9 Å². The Hall–Kier alpha value is -1.10. The van der Waals surface area contributed by atoms with Crippen LogP contribution in [-0.4, -0.2) is 83.2 Å². The molecule has 0 aliphatic carbocycles. The number of hydrogen-bond donors (Lipinski definition) is 0. The van der Waals surface area contributed by atoms with Crippen molar-refractivity contribution < 1.29 is 37.9 Å². The first-order valence-electron chi connectivity index (χ1n) is 9.85. The van der Waals surface area contributed by atoms with Crippen LogP contribution < -0.4 is 0 Å². The van der Waals surface area contributed by atoms with E-state index in [1.807, 2.05) is 30.3 Å². The molecule has 0 radical (unpaired) electrons. The molecule has 4 fully saturated rings. The van der Waals surface area contributed by atoms with Gasteiger partial charge in [-0.15, -0.1) is 0 Å². The second-order valence-corrected chi connectivity index (χ2v) is 7.48. The van der Waals surface area contributed by atoms with Crippen molar-refractivity contribution in [3.8, 4) is 0 Å². The lowest BCUT2D eigenvalue weighted by Crippen LogP contribution is -2.48. The highest BCUT2D eigenvalue weighted by Crippen LogP contribution is 2.38. The molecule has 0 saturated carbocycles. The number of hydrogen-bond acceptors (Lipinski definition) is 8. The van der Waals surface area contributed by atoms with Crippen LogP contribution in [0.4, 0.5) is 0 Å². The lowest BCUT2D eigenvalue weighted by atomic mass is 10.1. The van der Waals surface area contributed by atoms with Crippen LogP contribution in [0, 0.1) is 0 Å². The smallest absolute Gasteiger partial charge is 0.315 e. The first-order chi connectivity index (χ1) is 13.8. The van der Waals surface area contributed by atoms with Crippen LogP contribution in [0.3, 0.4) is 0 Å². The number of rotatable bonds is 14. The minimum absolute atomic E-state index is 0.0594. The summed E-state index contributed by atoms with van der Waals surface area (Å²) in [5.41, 5.74) is 0.910. The maximum absolute atomic E-state index is 6.25. The molecule has 0 aromatic heterocycles. The Labute approximate surface area is 163 Å². The molecule has 8 heteroatoms. The maximum atomic E-state index is 6.25. The summed E-state index contributed by atoms with van der Waals surface area (Å²) in [6.45, 7) is 4.29. The average Bonchev–Trinajstić information content (AvgIpc) is 3.59. The van der Waals surface area contributed by atoms with Crippen LogP contribution in [0.5, 0.6) is 0 Å². The molecule has 1 aromatic rings. The zero-order valence-electron chi connectivity index (χ0n) is 15.7. The van der Waals surface area contributed by atoms with Crippen molar-refractivity contribution in [3.05, 3.63) is 35.9 Å². The number of epoxide rings is 4. The average molecular weight is 394 g/mol. The van der Waals surface area contributed by atoms with Gasteiger partial charge in [0, 0.05) is 0 Å². The minimum Gasteiger partial charge on any atom is -0.371 e. The largest absolute Gasteiger partial charge is 0.371 e. The minimum atomic E-state index is -1.42. The van der Waals surface area contributed by atoms with E-state index >= 15 is 0 Å². The molecule has 5 unspecified atom stereocenters. The van der Waals surface area contributed by atoms with Gasteiger partial charge in [0.2, 0.25) is 0 Å². The third-order valence-corrected chi connectivity index (χ3v) is 4.89. The van der Waals surface area contributed by atoms with Crippen LogP contribution in [0.2, 0.25) is 0 Å². The van der Waals surface area contributed by atoms with E-state index in [0.717, 1.165) is 5.56 Å². The van der Waals surface area contributed by atoms with E-state index in [4.69, 9.17) is 37.9 Å². The molecule has 4 aliphatic heterocycles. The third-order valence-electron chi connectivity index (χ3n) is 4.89. The third kappa shape index (κ3) is 5.28. The monoisotopic (exact) mass is 394 g/mol. The molecular formula is C20H26O8. The number of ether oxygens (including phenoxy) is 8. The lowest BCUT2D eigenvalue weighted by molar-refractivity contribution is -0.422. The molecule has 28 heavy (non-hydrogen) atoms. The Kier molecular flexibility index (Phi) is 5.62. The highest BCUT2D eigenvalue weighted by molar-refractivity contribution is 5.19. The Bertz CT molecular complexity index is 584. The Morgan fingerprint density at radius 1 is 0.714 bits per heavy atom. The topological polar surface area (TPSA) is 87.0 Å². The summed E-state index contributed by atoms with van der Waals surface area (Å²) >= 11 is 0. The molecule has 5 atom stereocenters. The summed E-state index contributed by atoms with van der Waals surface area (Å²) in [4.78, 5) is 0. The molecule has 8 nitrogen and oxygen atoms in total.